The quantitative estimate of drug-likeness (QED) is 0.456. The van der Waals surface area contributed by atoms with E-state index in [2.05, 4.69) is 44.8 Å². The van der Waals surface area contributed by atoms with Crippen LogP contribution in [0.3, 0.4) is 0 Å². The Morgan fingerprint density at radius 3 is 2.63 bits per heavy atom. The van der Waals surface area contributed by atoms with Gasteiger partial charge in [-0.05, 0) is 41.5 Å². The van der Waals surface area contributed by atoms with Crippen molar-refractivity contribution in [3.8, 4) is 17.0 Å². The van der Waals surface area contributed by atoms with Gasteiger partial charge in [0.05, 0.1) is 43.8 Å². The van der Waals surface area contributed by atoms with E-state index in [9.17, 15) is 4.79 Å². The molecule has 1 amide bonds. The third kappa shape index (κ3) is 4.93. The Kier molecular flexibility index (Phi) is 6.54. The molecule has 0 unspecified atom stereocenters. The lowest BCUT2D eigenvalue weighted by Gasteiger charge is -2.29. The number of carbonyl (C=O) groups excluding carboxylic acids is 1. The summed E-state index contributed by atoms with van der Waals surface area (Å²) < 4.78 is 10.8. The lowest BCUT2D eigenvalue weighted by Crippen LogP contribution is -2.39. The van der Waals surface area contributed by atoms with E-state index >= 15 is 0 Å². The molecule has 1 N–H and O–H groups in total. The van der Waals surface area contributed by atoms with Crippen LogP contribution in [0.1, 0.15) is 28.9 Å². The summed E-state index contributed by atoms with van der Waals surface area (Å²) in [6.45, 7) is 4.44. The van der Waals surface area contributed by atoms with Crippen molar-refractivity contribution in [2.24, 2.45) is 0 Å². The summed E-state index contributed by atoms with van der Waals surface area (Å²) in [5, 5.41) is 14.3. The van der Waals surface area contributed by atoms with E-state index in [0.717, 1.165) is 16.5 Å². The van der Waals surface area contributed by atoms with E-state index in [0.29, 0.717) is 49.1 Å². The minimum atomic E-state index is -0.209. The third-order valence-corrected chi connectivity index (χ3v) is 6.20. The van der Waals surface area contributed by atoms with Gasteiger partial charge in [-0.3, -0.25) is 9.78 Å². The van der Waals surface area contributed by atoms with Gasteiger partial charge in [0.2, 0.25) is 0 Å². The van der Waals surface area contributed by atoms with Gasteiger partial charge in [-0.25, -0.2) is 0 Å². The molecule has 8 nitrogen and oxygen atoms in total. The molecule has 1 fully saturated rings. The van der Waals surface area contributed by atoms with Gasteiger partial charge in [-0.2, -0.15) is 0 Å². The van der Waals surface area contributed by atoms with Gasteiger partial charge in [-0.1, -0.05) is 36.4 Å². The Morgan fingerprint density at radius 1 is 1.03 bits per heavy atom. The summed E-state index contributed by atoms with van der Waals surface area (Å²) >= 11 is 0. The first-order valence-electron chi connectivity index (χ1n) is 11.6. The highest BCUT2D eigenvalue weighted by Gasteiger charge is 2.23. The number of methoxy groups -OCH3 is 1. The van der Waals surface area contributed by atoms with Crippen LogP contribution in [0.5, 0.6) is 5.75 Å². The van der Waals surface area contributed by atoms with E-state index in [-0.39, 0.29) is 11.9 Å². The van der Waals surface area contributed by atoms with E-state index < -0.39 is 0 Å². The average molecular weight is 470 g/mol. The maximum absolute atomic E-state index is 13.6. The first-order chi connectivity index (χ1) is 17.1. The molecule has 0 saturated carbocycles. The molecule has 1 atom stereocenters. The fraction of sp³-hybridized carbons (Fsp3) is 0.259. The van der Waals surface area contributed by atoms with Gasteiger partial charge in [-0.15, -0.1) is 10.2 Å². The second-order valence-electron chi connectivity index (χ2n) is 8.48. The molecule has 1 saturated heterocycles. The highest BCUT2D eigenvalue weighted by molar-refractivity contribution is 6.00. The molecule has 0 spiro atoms. The Morgan fingerprint density at radius 2 is 1.83 bits per heavy atom. The molecule has 1 aliphatic rings. The van der Waals surface area contributed by atoms with Crippen LogP contribution >= 0.6 is 0 Å². The summed E-state index contributed by atoms with van der Waals surface area (Å²) in [5.41, 5.74) is 2.77. The number of fused-ring (bicyclic) bond motifs is 1. The van der Waals surface area contributed by atoms with Crippen LogP contribution in [0.15, 0.2) is 67.0 Å². The van der Waals surface area contributed by atoms with Crippen molar-refractivity contribution in [3.05, 3.63) is 78.1 Å². The predicted molar refractivity (Wildman–Crippen MR) is 135 cm³/mol. The van der Waals surface area contributed by atoms with Gasteiger partial charge in [0, 0.05) is 24.8 Å². The number of carbonyl (C=O) groups is 1. The normalized spacial score (nSPS) is 14.5. The van der Waals surface area contributed by atoms with Crippen molar-refractivity contribution in [3.63, 3.8) is 0 Å². The lowest BCUT2D eigenvalue weighted by molar-refractivity contribution is 0.0937. The highest BCUT2D eigenvalue weighted by atomic mass is 16.5. The fourth-order valence-electron chi connectivity index (χ4n) is 4.21. The Hall–Kier alpha value is -4.04. The summed E-state index contributed by atoms with van der Waals surface area (Å²) in [7, 11) is 1.58. The zero-order valence-corrected chi connectivity index (χ0v) is 19.8. The second kappa shape index (κ2) is 10.1. The molecule has 0 aliphatic carbocycles. The van der Waals surface area contributed by atoms with E-state index in [1.54, 1.807) is 25.6 Å². The SMILES string of the molecule is COc1cncc(-c2cc(C(=O)N[C@H](C)c3ccc4ccccc4c3)c(N3CCOCC3)nn2)c1. The Bertz CT molecular complexity index is 1350. The molecule has 178 valence electrons. The highest BCUT2D eigenvalue weighted by Crippen LogP contribution is 2.27. The Balaban J connectivity index is 1.47. The van der Waals surface area contributed by atoms with Crippen LogP contribution in [0, 0.1) is 0 Å². The van der Waals surface area contributed by atoms with Crippen LogP contribution in [-0.2, 0) is 4.74 Å². The van der Waals surface area contributed by atoms with Crippen molar-refractivity contribution in [2.75, 3.05) is 38.3 Å². The molecule has 2 aromatic carbocycles. The second-order valence-corrected chi connectivity index (χ2v) is 8.48. The predicted octanol–water partition coefficient (Wildman–Crippen LogP) is 4.03. The standard InChI is InChI=1S/C27H27N5O3/c1-18(20-8-7-19-5-3-4-6-21(19)13-20)29-27(33)24-15-25(22-14-23(34-2)17-28-16-22)30-31-26(24)32-9-11-35-12-10-32/h3-8,13-18H,9-12H2,1-2H3,(H,29,33)/t18-/m1/s1. The van der Waals surface area contributed by atoms with Crippen LogP contribution in [-0.4, -0.2) is 54.5 Å². The van der Waals surface area contributed by atoms with E-state index in [4.69, 9.17) is 9.47 Å². The number of benzene rings is 2. The number of pyridine rings is 1. The van der Waals surface area contributed by atoms with Crippen molar-refractivity contribution in [1.82, 2.24) is 20.5 Å². The molecule has 8 heteroatoms. The maximum Gasteiger partial charge on any atom is 0.255 e. The van der Waals surface area contributed by atoms with E-state index in [1.807, 2.05) is 36.1 Å². The average Bonchev–Trinajstić information content (AvgIpc) is 2.93. The van der Waals surface area contributed by atoms with E-state index in [1.165, 1.54) is 5.39 Å². The first kappa shape index (κ1) is 22.7. The lowest BCUT2D eigenvalue weighted by atomic mass is 10.0. The van der Waals surface area contributed by atoms with Gasteiger partial charge in [0.25, 0.3) is 5.91 Å². The number of hydrogen-bond acceptors (Lipinski definition) is 7. The number of morpholine rings is 1. The number of amides is 1. The van der Waals surface area contributed by atoms with Gasteiger partial charge < -0.3 is 19.7 Å². The van der Waals surface area contributed by atoms with Crippen LogP contribution in [0.25, 0.3) is 22.0 Å². The number of aromatic nitrogens is 3. The molecule has 35 heavy (non-hydrogen) atoms. The number of nitrogens with zero attached hydrogens (tertiary/aromatic N) is 4. The Labute approximate surface area is 203 Å². The number of hydrogen-bond donors (Lipinski definition) is 1. The number of rotatable bonds is 6. The molecule has 3 heterocycles. The zero-order chi connectivity index (χ0) is 24.2. The molecule has 0 radical (unpaired) electrons. The minimum absolute atomic E-state index is 0.195. The van der Waals surface area contributed by atoms with Gasteiger partial charge in [0.15, 0.2) is 5.82 Å². The number of nitrogens with one attached hydrogen (secondary N) is 1. The molecule has 0 bridgehead atoms. The van der Waals surface area contributed by atoms with Crippen LogP contribution in [0.4, 0.5) is 5.82 Å². The largest absolute Gasteiger partial charge is 0.495 e. The van der Waals surface area contributed by atoms with Gasteiger partial charge >= 0.3 is 0 Å². The van der Waals surface area contributed by atoms with Crippen LogP contribution < -0.4 is 15.0 Å². The molecule has 4 aromatic rings. The summed E-state index contributed by atoms with van der Waals surface area (Å²) in [6, 6.07) is 17.8. The monoisotopic (exact) mass is 469 g/mol. The van der Waals surface area contributed by atoms with Crippen molar-refractivity contribution in [2.45, 2.75) is 13.0 Å². The molecular formula is C27H27N5O3. The van der Waals surface area contributed by atoms with Gasteiger partial charge in [0.1, 0.15) is 5.75 Å². The summed E-state index contributed by atoms with van der Waals surface area (Å²) in [4.78, 5) is 19.8. The molecule has 5 rings (SSSR count). The molecule has 1 aliphatic heterocycles. The minimum Gasteiger partial charge on any atom is -0.495 e. The molecule has 2 aromatic heterocycles. The third-order valence-electron chi connectivity index (χ3n) is 6.20. The first-order valence-corrected chi connectivity index (χ1v) is 11.6. The fourth-order valence-corrected chi connectivity index (χ4v) is 4.21. The maximum atomic E-state index is 13.6. The molecular weight excluding hydrogens is 442 g/mol. The van der Waals surface area contributed by atoms with Crippen molar-refractivity contribution < 1.29 is 14.3 Å². The number of ether oxygens (including phenoxy) is 2. The smallest absolute Gasteiger partial charge is 0.255 e. The topological polar surface area (TPSA) is 89.5 Å². The summed E-state index contributed by atoms with van der Waals surface area (Å²) in [5.74, 6) is 0.952. The van der Waals surface area contributed by atoms with Crippen molar-refractivity contribution in [1.29, 1.82) is 0 Å². The number of anilines is 1. The van der Waals surface area contributed by atoms with Crippen LogP contribution in [0.2, 0.25) is 0 Å². The summed E-state index contributed by atoms with van der Waals surface area (Å²) in [6.07, 6.45) is 3.30. The zero-order valence-electron chi connectivity index (χ0n) is 19.8. The van der Waals surface area contributed by atoms with Crippen molar-refractivity contribution >= 4 is 22.5 Å².